The van der Waals surface area contributed by atoms with E-state index in [9.17, 15) is 9.90 Å². The highest BCUT2D eigenvalue weighted by molar-refractivity contribution is 5.98. The molecule has 3 N–H and O–H groups in total. The maximum Gasteiger partial charge on any atom is 0.255 e. The van der Waals surface area contributed by atoms with Crippen molar-refractivity contribution in [3.63, 3.8) is 0 Å². The molecule has 0 aromatic carbocycles. The molecule has 1 aromatic heterocycles. The maximum absolute atomic E-state index is 12.0. The van der Waals surface area contributed by atoms with E-state index in [2.05, 4.69) is 15.6 Å². The Morgan fingerprint density at radius 2 is 2.18 bits per heavy atom. The molecule has 5 nitrogen and oxygen atoms in total. The molecule has 0 fully saturated rings. The van der Waals surface area contributed by atoms with Gasteiger partial charge in [-0.3, -0.25) is 4.79 Å². The van der Waals surface area contributed by atoms with Crippen LogP contribution >= 0.6 is 0 Å². The quantitative estimate of drug-likeness (QED) is 0.730. The van der Waals surface area contributed by atoms with Crippen molar-refractivity contribution in [2.75, 3.05) is 12.4 Å². The Bertz CT molecular complexity index is 399. The molecule has 0 aliphatic carbocycles. The standard InChI is InChI=1S/C12H19N3O2/c1-8(12(2,3)17)15-11(16)9-6-5-7-14-10(9)13-4/h5-8,17H,1-4H3,(H,13,14)(H,15,16)/t8-/m0/s1. The van der Waals surface area contributed by atoms with Gasteiger partial charge in [0.15, 0.2) is 0 Å². The lowest BCUT2D eigenvalue weighted by Crippen LogP contribution is -2.47. The number of pyridine rings is 1. The summed E-state index contributed by atoms with van der Waals surface area (Å²) >= 11 is 0. The molecule has 0 saturated carbocycles. The van der Waals surface area contributed by atoms with Crippen LogP contribution in [-0.2, 0) is 0 Å². The van der Waals surface area contributed by atoms with Crippen molar-refractivity contribution in [2.24, 2.45) is 0 Å². The minimum Gasteiger partial charge on any atom is -0.388 e. The number of aromatic nitrogens is 1. The molecule has 0 radical (unpaired) electrons. The summed E-state index contributed by atoms with van der Waals surface area (Å²) in [5.41, 5.74) is -0.497. The van der Waals surface area contributed by atoms with Gasteiger partial charge in [-0.2, -0.15) is 0 Å². The third-order valence-corrected chi connectivity index (χ3v) is 2.70. The summed E-state index contributed by atoms with van der Waals surface area (Å²) in [5, 5.41) is 15.4. The summed E-state index contributed by atoms with van der Waals surface area (Å²) in [5.74, 6) is 0.269. The largest absolute Gasteiger partial charge is 0.388 e. The number of carbonyl (C=O) groups is 1. The second-order valence-corrected chi connectivity index (χ2v) is 4.50. The SMILES string of the molecule is CNc1ncccc1C(=O)N[C@@H](C)C(C)(C)O. The van der Waals surface area contributed by atoms with Gasteiger partial charge in [-0.25, -0.2) is 4.98 Å². The average molecular weight is 237 g/mol. The molecule has 1 rings (SSSR count). The molecule has 0 aliphatic heterocycles. The first-order valence-corrected chi connectivity index (χ1v) is 5.52. The van der Waals surface area contributed by atoms with Crippen molar-refractivity contribution in [3.8, 4) is 0 Å². The number of amides is 1. The lowest BCUT2D eigenvalue weighted by molar-refractivity contribution is 0.0409. The zero-order valence-electron chi connectivity index (χ0n) is 10.6. The Labute approximate surface area is 101 Å². The smallest absolute Gasteiger partial charge is 0.255 e. The molecular weight excluding hydrogens is 218 g/mol. The summed E-state index contributed by atoms with van der Waals surface area (Å²) < 4.78 is 0. The number of aliphatic hydroxyl groups is 1. The van der Waals surface area contributed by atoms with Gasteiger partial charge in [0.05, 0.1) is 17.2 Å². The zero-order chi connectivity index (χ0) is 13.1. The van der Waals surface area contributed by atoms with Gasteiger partial charge in [-0.05, 0) is 32.9 Å². The Kier molecular flexibility index (Phi) is 4.07. The van der Waals surface area contributed by atoms with E-state index in [4.69, 9.17) is 0 Å². The first-order chi connectivity index (χ1) is 7.86. The molecule has 0 bridgehead atoms. The highest BCUT2D eigenvalue weighted by Gasteiger charge is 2.25. The molecule has 1 amide bonds. The number of hydrogen-bond acceptors (Lipinski definition) is 4. The minimum absolute atomic E-state index is 0.253. The normalized spacial score (nSPS) is 13.0. The molecule has 0 saturated heterocycles. The second kappa shape index (κ2) is 5.14. The Hall–Kier alpha value is -1.62. The van der Waals surface area contributed by atoms with E-state index in [0.29, 0.717) is 11.4 Å². The number of nitrogens with one attached hydrogen (secondary N) is 2. The predicted octanol–water partition coefficient (Wildman–Crippen LogP) is 1.01. The molecule has 17 heavy (non-hydrogen) atoms. The van der Waals surface area contributed by atoms with E-state index in [1.165, 1.54) is 0 Å². The van der Waals surface area contributed by atoms with Crippen LogP contribution in [0.2, 0.25) is 0 Å². The summed E-state index contributed by atoms with van der Waals surface area (Å²) in [6.45, 7) is 5.06. The Morgan fingerprint density at radius 1 is 1.53 bits per heavy atom. The molecule has 1 aromatic rings. The summed E-state index contributed by atoms with van der Waals surface area (Å²) in [4.78, 5) is 16.0. The van der Waals surface area contributed by atoms with E-state index in [0.717, 1.165) is 0 Å². The highest BCUT2D eigenvalue weighted by atomic mass is 16.3. The van der Waals surface area contributed by atoms with Crippen LogP contribution < -0.4 is 10.6 Å². The number of carbonyl (C=O) groups excluding carboxylic acids is 1. The average Bonchev–Trinajstić information content (AvgIpc) is 2.27. The molecule has 0 unspecified atom stereocenters. The first kappa shape index (κ1) is 13.4. The van der Waals surface area contributed by atoms with Crippen molar-refractivity contribution < 1.29 is 9.90 Å². The van der Waals surface area contributed by atoms with Crippen LogP contribution in [0.15, 0.2) is 18.3 Å². The fraction of sp³-hybridized carbons (Fsp3) is 0.500. The van der Waals surface area contributed by atoms with Gasteiger partial charge in [0.1, 0.15) is 5.82 Å². The van der Waals surface area contributed by atoms with Crippen LogP contribution in [0, 0.1) is 0 Å². The van der Waals surface area contributed by atoms with Gasteiger partial charge in [-0.1, -0.05) is 0 Å². The summed E-state index contributed by atoms with van der Waals surface area (Å²) in [6, 6.07) is 3.04. The molecule has 5 heteroatoms. The molecule has 94 valence electrons. The number of nitrogens with zero attached hydrogens (tertiary/aromatic N) is 1. The van der Waals surface area contributed by atoms with E-state index in [-0.39, 0.29) is 11.9 Å². The fourth-order valence-corrected chi connectivity index (χ4v) is 1.24. The fourth-order valence-electron chi connectivity index (χ4n) is 1.24. The first-order valence-electron chi connectivity index (χ1n) is 5.52. The highest BCUT2D eigenvalue weighted by Crippen LogP contribution is 2.13. The van der Waals surface area contributed by atoms with Gasteiger partial charge in [0.2, 0.25) is 0 Å². The van der Waals surface area contributed by atoms with Crippen molar-refractivity contribution in [1.29, 1.82) is 0 Å². The van der Waals surface area contributed by atoms with Gasteiger partial charge in [0.25, 0.3) is 5.91 Å². The lowest BCUT2D eigenvalue weighted by Gasteiger charge is -2.26. The number of anilines is 1. The monoisotopic (exact) mass is 237 g/mol. The van der Waals surface area contributed by atoms with Crippen molar-refractivity contribution in [2.45, 2.75) is 32.4 Å². The number of hydrogen-bond donors (Lipinski definition) is 3. The van der Waals surface area contributed by atoms with Crippen LogP contribution in [0.25, 0.3) is 0 Å². The van der Waals surface area contributed by atoms with Crippen LogP contribution in [0.5, 0.6) is 0 Å². The van der Waals surface area contributed by atoms with Gasteiger partial charge in [0, 0.05) is 13.2 Å². The van der Waals surface area contributed by atoms with E-state index in [1.54, 1.807) is 46.1 Å². The summed E-state index contributed by atoms with van der Waals surface area (Å²) in [6.07, 6.45) is 1.61. The number of rotatable bonds is 4. The van der Waals surface area contributed by atoms with E-state index in [1.807, 2.05) is 0 Å². The van der Waals surface area contributed by atoms with Gasteiger partial charge in [-0.15, -0.1) is 0 Å². The minimum atomic E-state index is -0.961. The maximum atomic E-state index is 12.0. The third kappa shape index (κ3) is 3.42. The van der Waals surface area contributed by atoms with Crippen LogP contribution in [-0.4, -0.2) is 34.7 Å². The molecule has 1 heterocycles. The van der Waals surface area contributed by atoms with Crippen molar-refractivity contribution >= 4 is 11.7 Å². The van der Waals surface area contributed by atoms with Crippen LogP contribution in [0.1, 0.15) is 31.1 Å². The van der Waals surface area contributed by atoms with Gasteiger partial charge >= 0.3 is 0 Å². The second-order valence-electron chi connectivity index (χ2n) is 4.50. The van der Waals surface area contributed by atoms with Gasteiger partial charge < -0.3 is 15.7 Å². The topological polar surface area (TPSA) is 74.2 Å². The van der Waals surface area contributed by atoms with Crippen LogP contribution in [0.4, 0.5) is 5.82 Å². The van der Waals surface area contributed by atoms with E-state index < -0.39 is 5.60 Å². The molecule has 1 atom stereocenters. The predicted molar refractivity (Wildman–Crippen MR) is 67.0 cm³/mol. The lowest BCUT2D eigenvalue weighted by atomic mass is 10.0. The zero-order valence-corrected chi connectivity index (χ0v) is 10.6. The third-order valence-electron chi connectivity index (χ3n) is 2.70. The molecular formula is C12H19N3O2. The summed E-state index contributed by atoms with van der Waals surface area (Å²) in [7, 11) is 1.71. The Balaban J connectivity index is 2.84. The molecule has 0 spiro atoms. The van der Waals surface area contributed by atoms with Crippen molar-refractivity contribution in [1.82, 2.24) is 10.3 Å². The van der Waals surface area contributed by atoms with Crippen LogP contribution in [0.3, 0.4) is 0 Å². The van der Waals surface area contributed by atoms with Crippen molar-refractivity contribution in [3.05, 3.63) is 23.9 Å². The molecule has 0 aliphatic rings. The Morgan fingerprint density at radius 3 is 2.71 bits per heavy atom. The van der Waals surface area contributed by atoms with E-state index >= 15 is 0 Å².